The van der Waals surface area contributed by atoms with E-state index in [4.69, 9.17) is 14.2 Å². The standard InChI is InChI=1S/C21H22N2O7S/c1-28-16-9-8-15-17(30-21(25)19(15)20(16)29-2)12-18(24)22-13-4-6-14(7-5-13)23-10-3-11-31(23,26)27/h4-9,17H,3,10-12H2,1-2H3,(H,22,24)/t17-/m1/s1. The van der Waals surface area contributed by atoms with Gasteiger partial charge in [0.25, 0.3) is 0 Å². The molecule has 0 spiro atoms. The van der Waals surface area contributed by atoms with Crippen LogP contribution in [0.5, 0.6) is 11.5 Å². The molecule has 164 valence electrons. The molecular formula is C21H22N2O7S. The highest BCUT2D eigenvalue weighted by Gasteiger charge is 2.37. The monoisotopic (exact) mass is 446 g/mol. The second-order valence-electron chi connectivity index (χ2n) is 7.20. The minimum absolute atomic E-state index is 0.0729. The second-order valence-corrected chi connectivity index (χ2v) is 9.21. The van der Waals surface area contributed by atoms with Crippen molar-refractivity contribution in [2.45, 2.75) is 18.9 Å². The number of anilines is 2. The summed E-state index contributed by atoms with van der Waals surface area (Å²) in [4.78, 5) is 24.9. The number of hydrogen-bond acceptors (Lipinski definition) is 7. The minimum atomic E-state index is -3.26. The third-order valence-electron chi connectivity index (χ3n) is 5.29. The van der Waals surface area contributed by atoms with Gasteiger partial charge in [-0.05, 0) is 36.8 Å². The molecule has 2 heterocycles. The normalized spacial score (nSPS) is 19.0. The molecule has 0 radical (unpaired) electrons. The zero-order valence-electron chi connectivity index (χ0n) is 17.1. The van der Waals surface area contributed by atoms with E-state index in [0.29, 0.717) is 35.7 Å². The van der Waals surface area contributed by atoms with Crippen molar-refractivity contribution >= 4 is 33.3 Å². The summed E-state index contributed by atoms with van der Waals surface area (Å²) in [6, 6.07) is 9.94. The molecule has 9 nitrogen and oxygen atoms in total. The fraction of sp³-hybridized carbons (Fsp3) is 0.333. The fourth-order valence-electron chi connectivity index (χ4n) is 3.85. The van der Waals surface area contributed by atoms with Crippen LogP contribution in [0, 0.1) is 0 Å². The number of ether oxygens (including phenoxy) is 3. The topological polar surface area (TPSA) is 111 Å². The van der Waals surface area contributed by atoms with Gasteiger partial charge in [0, 0.05) is 17.8 Å². The number of sulfonamides is 1. The van der Waals surface area contributed by atoms with Crippen LogP contribution in [0.3, 0.4) is 0 Å². The zero-order valence-corrected chi connectivity index (χ0v) is 17.9. The summed E-state index contributed by atoms with van der Waals surface area (Å²) < 4.78 is 41.3. The van der Waals surface area contributed by atoms with Gasteiger partial charge in [-0.15, -0.1) is 0 Å². The number of nitrogens with one attached hydrogen (secondary N) is 1. The number of rotatable bonds is 6. The molecular weight excluding hydrogens is 424 g/mol. The average molecular weight is 446 g/mol. The van der Waals surface area contributed by atoms with Crippen LogP contribution >= 0.6 is 0 Å². The minimum Gasteiger partial charge on any atom is -0.493 e. The third kappa shape index (κ3) is 3.90. The number of nitrogens with zero attached hydrogens (tertiary/aromatic N) is 1. The number of benzene rings is 2. The van der Waals surface area contributed by atoms with Crippen LogP contribution in [0.15, 0.2) is 36.4 Å². The van der Waals surface area contributed by atoms with Crippen molar-refractivity contribution in [3.05, 3.63) is 47.5 Å². The lowest BCUT2D eigenvalue weighted by molar-refractivity contribution is -0.118. The van der Waals surface area contributed by atoms with E-state index in [1.165, 1.54) is 18.5 Å². The number of carbonyl (C=O) groups excluding carboxylic acids is 2. The Morgan fingerprint density at radius 3 is 2.52 bits per heavy atom. The van der Waals surface area contributed by atoms with Crippen LogP contribution in [-0.2, 0) is 19.6 Å². The average Bonchev–Trinajstić information content (AvgIpc) is 3.26. The zero-order chi connectivity index (χ0) is 22.2. The molecule has 2 aromatic rings. The predicted octanol–water partition coefficient (Wildman–Crippen LogP) is 2.48. The second kappa shape index (κ2) is 8.10. The number of hydrogen-bond donors (Lipinski definition) is 1. The molecule has 2 aromatic carbocycles. The van der Waals surface area contributed by atoms with Gasteiger partial charge < -0.3 is 19.5 Å². The molecule has 0 unspecified atom stereocenters. The molecule has 1 fully saturated rings. The fourth-order valence-corrected chi connectivity index (χ4v) is 5.41. The first kappa shape index (κ1) is 21.0. The Hall–Kier alpha value is -3.27. The van der Waals surface area contributed by atoms with Crippen molar-refractivity contribution in [2.24, 2.45) is 0 Å². The number of methoxy groups -OCH3 is 2. The maximum atomic E-state index is 12.5. The molecule has 0 aliphatic carbocycles. The Morgan fingerprint density at radius 2 is 1.90 bits per heavy atom. The van der Waals surface area contributed by atoms with Crippen molar-refractivity contribution < 1.29 is 32.2 Å². The molecule has 1 saturated heterocycles. The lowest BCUT2D eigenvalue weighted by Gasteiger charge is -2.17. The quantitative estimate of drug-likeness (QED) is 0.679. The largest absolute Gasteiger partial charge is 0.493 e. The summed E-state index contributed by atoms with van der Waals surface area (Å²) in [6.45, 7) is 0.453. The van der Waals surface area contributed by atoms with E-state index in [2.05, 4.69) is 5.32 Å². The summed E-state index contributed by atoms with van der Waals surface area (Å²) in [5, 5.41) is 2.75. The van der Waals surface area contributed by atoms with Gasteiger partial charge in [0.1, 0.15) is 11.7 Å². The number of esters is 1. The maximum absolute atomic E-state index is 12.5. The van der Waals surface area contributed by atoms with Crippen LogP contribution in [-0.4, -0.2) is 46.8 Å². The Labute approximate surface area is 179 Å². The van der Waals surface area contributed by atoms with Crippen LogP contribution < -0.4 is 19.1 Å². The van der Waals surface area contributed by atoms with Crippen LogP contribution in [0.25, 0.3) is 0 Å². The van der Waals surface area contributed by atoms with Crippen LogP contribution in [0.4, 0.5) is 11.4 Å². The highest BCUT2D eigenvalue weighted by molar-refractivity contribution is 7.93. The van der Waals surface area contributed by atoms with E-state index in [0.717, 1.165) is 0 Å². The molecule has 0 aromatic heterocycles. The number of fused-ring (bicyclic) bond motifs is 1. The van der Waals surface area contributed by atoms with Crippen molar-refractivity contribution in [3.63, 3.8) is 0 Å². The first-order valence-electron chi connectivity index (χ1n) is 9.70. The highest BCUT2D eigenvalue weighted by Crippen LogP contribution is 2.43. The van der Waals surface area contributed by atoms with Gasteiger partial charge in [-0.1, -0.05) is 6.07 Å². The molecule has 1 amide bonds. The van der Waals surface area contributed by atoms with Gasteiger partial charge in [-0.3, -0.25) is 9.10 Å². The maximum Gasteiger partial charge on any atom is 0.343 e. The molecule has 31 heavy (non-hydrogen) atoms. The Balaban J connectivity index is 1.45. The highest BCUT2D eigenvalue weighted by atomic mass is 32.2. The molecule has 0 saturated carbocycles. The van der Waals surface area contributed by atoms with Gasteiger partial charge in [0.2, 0.25) is 15.9 Å². The summed E-state index contributed by atoms with van der Waals surface area (Å²) in [6.07, 6.45) is -0.216. The van der Waals surface area contributed by atoms with Crippen molar-refractivity contribution in [1.29, 1.82) is 0 Å². The van der Waals surface area contributed by atoms with E-state index < -0.39 is 22.1 Å². The number of amides is 1. The molecule has 2 aliphatic heterocycles. The van der Waals surface area contributed by atoms with E-state index >= 15 is 0 Å². The first-order valence-corrected chi connectivity index (χ1v) is 11.3. The Kier molecular flexibility index (Phi) is 5.48. The van der Waals surface area contributed by atoms with Crippen LogP contribution in [0.2, 0.25) is 0 Å². The summed E-state index contributed by atoms with van der Waals surface area (Å²) >= 11 is 0. The van der Waals surface area contributed by atoms with E-state index in [1.807, 2.05) is 0 Å². The van der Waals surface area contributed by atoms with E-state index in [1.54, 1.807) is 36.4 Å². The van der Waals surface area contributed by atoms with Gasteiger partial charge in [0.05, 0.1) is 32.1 Å². The van der Waals surface area contributed by atoms with Crippen molar-refractivity contribution in [3.8, 4) is 11.5 Å². The number of carbonyl (C=O) groups is 2. The third-order valence-corrected chi connectivity index (χ3v) is 7.16. The lowest BCUT2D eigenvalue weighted by atomic mass is 10.0. The SMILES string of the molecule is COc1ccc2c(c1OC)C(=O)O[C@@H]2CC(=O)Nc1ccc(N2CCCS2(=O)=O)cc1. The molecule has 2 aliphatic rings. The summed E-state index contributed by atoms with van der Waals surface area (Å²) in [7, 11) is -0.353. The molecule has 4 rings (SSSR count). The van der Waals surface area contributed by atoms with Crippen LogP contribution in [0.1, 0.15) is 34.9 Å². The van der Waals surface area contributed by atoms with Gasteiger partial charge in [-0.2, -0.15) is 0 Å². The lowest BCUT2D eigenvalue weighted by Crippen LogP contribution is -2.25. The predicted molar refractivity (Wildman–Crippen MR) is 113 cm³/mol. The molecule has 1 atom stereocenters. The van der Waals surface area contributed by atoms with Crippen molar-refractivity contribution in [2.75, 3.05) is 36.1 Å². The van der Waals surface area contributed by atoms with Gasteiger partial charge in [0.15, 0.2) is 11.5 Å². The van der Waals surface area contributed by atoms with E-state index in [-0.39, 0.29) is 29.4 Å². The molecule has 0 bridgehead atoms. The number of cyclic esters (lactones) is 1. The molecule has 10 heteroatoms. The van der Waals surface area contributed by atoms with Crippen molar-refractivity contribution in [1.82, 2.24) is 0 Å². The smallest absolute Gasteiger partial charge is 0.343 e. The Bertz CT molecular complexity index is 1130. The summed E-state index contributed by atoms with van der Waals surface area (Å²) in [5.41, 5.74) is 1.90. The summed E-state index contributed by atoms with van der Waals surface area (Å²) in [5.74, 6) is -0.0885. The Morgan fingerprint density at radius 1 is 1.16 bits per heavy atom. The van der Waals surface area contributed by atoms with Gasteiger partial charge >= 0.3 is 5.97 Å². The van der Waals surface area contributed by atoms with E-state index in [9.17, 15) is 18.0 Å². The first-order chi connectivity index (χ1) is 14.8. The van der Waals surface area contributed by atoms with Gasteiger partial charge in [-0.25, -0.2) is 13.2 Å². The molecule has 1 N–H and O–H groups in total.